The first kappa shape index (κ1) is 16.3. The molecule has 1 aromatic heterocycles. The second-order valence-corrected chi connectivity index (χ2v) is 6.14. The van der Waals surface area contributed by atoms with Crippen LogP contribution in [-0.2, 0) is 10.0 Å². The van der Waals surface area contributed by atoms with Crippen molar-refractivity contribution in [2.75, 3.05) is 13.1 Å². The first-order chi connectivity index (χ1) is 9.27. The number of carboxylic acids is 1. The van der Waals surface area contributed by atoms with Crippen LogP contribution < -0.4 is 0 Å². The Kier molecular flexibility index (Phi) is 4.98. The molecule has 0 atom stereocenters. The van der Waals surface area contributed by atoms with E-state index in [1.807, 2.05) is 6.92 Å². The average molecular weight is 299 g/mol. The summed E-state index contributed by atoms with van der Waals surface area (Å²) >= 11 is 0. The Morgan fingerprint density at radius 3 is 2.45 bits per heavy atom. The summed E-state index contributed by atoms with van der Waals surface area (Å²) in [5, 5.41) is 9.18. The highest BCUT2D eigenvalue weighted by Crippen LogP contribution is 2.29. The van der Waals surface area contributed by atoms with E-state index in [2.05, 4.69) is 5.92 Å². The van der Waals surface area contributed by atoms with E-state index in [1.54, 1.807) is 0 Å². The van der Waals surface area contributed by atoms with Crippen molar-refractivity contribution in [2.45, 2.75) is 32.1 Å². The molecule has 0 unspecified atom stereocenters. The Hall–Kier alpha value is -1.78. The van der Waals surface area contributed by atoms with Crippen molar-refractivity contribution in [3.63, 3.8) is 0 Å². The Labute approximate surface area is 118 Å². The summed E-state index contributed by atoms with van der Waals surface area (Å²) in [5.74, 6) is 1.05. The monoisotopic (exact) mass is 299 g/mol. The number of carbonyl (C=O) groups is 1. The number of aryl methyl sites for hydroxylation is 2. The molecule has 0 aromatic carbocycles. The summed E-state index contributed by atoms with van der Waals surface area (Å²) in [6, 6.07) is 0. The van der Waals surface area contributed by atoms with Gasteiger partial charge in [-0.05, 0) is 20.3 Å². The van der Waals surface area contributed by atoms with Gasteiger partial charge in [-0.15, -0.1) is 6.42 Å². The fraction of sp³-hybridized carbons (Fsp3) is 0.462. The van der Waals surface area contributed by atoms with Crippen LogP contribution in [0.5, 0.6) is 0 Å². The molecular formula is C13H17NO5S. The number of hydrogen-bond donors (Lipinski definition) is 1. The lowest BCUT2D eigenvalue weighted by atomic mass is 10.2. The van der Waals surface area contributed by atoms with Crippen LogP contribution in [0.2, 0.25) is 0 Å². The molecule has 0 spiro atoms. The summed E-state index contributed by atoms with van der Waals surface area (Å²) in [6.45, 7) is 4.76. The number of furan rings is 1. The van der Waals surface area contributed by atoms with Crippen molar-refractivity contribution < 1.29 is 22.7 Å². The third-order valence-electron chi connectivity index (χ3n) is 2.76. The zero-order valence-electron chi connectivity index (χ0n) is 11.6. The second kappa shape index (κ2) is 6.11. The number of terminal acetylenes is 1. The number of nitrogens with zero attached hydrogens (tertiary/aromatic N) is 1. The normalized spacial score (nSPS) is 11.6. The van der Waals surface area contributed by atoms with Gasteiger partial charge in [0.1, 0.15) is 22.0 Å². The molecule has 1 aromatic rings. The van der Waals surface area contributed by atoms with Gasteiger partial charge in [-0.2, -0.15) is 4.31 Å². The maximum absolute atomic E-state index is 12.6. The highest BCUT2D eigenvalue weighted by molar-refractivity contribution is 7.89. The number of sulfonamides is 1. The van der Waals surface area contributed by atoms with Gasteiger partial charge in [0.05, 0.1) is 6.54 Å². The lowest BCUT2D eigenvalue weighted by molar-refractivity contribution is 0.0691. The molecule has 1 rings (SSSR count). The molecule has 1 heterocycles. The second-order valence-electron chi connectivity index (χ2n) is 4.27. The van der Waals surface area contributed by atoms with Crippen LogP contribution in [0.4, 0.5) is 0 Å². The summed E-state index contributed by atoms with van der Waals surface area (Å²) in [7, 11) is -3.99. The van der Waals surface area contributed by atoms with Crippen LogP contribution in [0.3, 0.4) is 0 Å². The molecule has 20 heavy (non-hydrogen) atoms. The lowest BCUT2D eigenvalue weighted by Crippen LogP contribution is -2.33. The van der Waals surface area contributed by atoms with E-state index in [9.17, 15) is 18.3 Å². The van der Waals surface area contributed by atoms with Crippen molar-refractivity contribution in [2.24, 2.45) is 0 Å². The van der Waals surface area contributed by atoms with Gasteiger partial charge in [-0.3, -0.25) is 0 Å². The molecule has 110 valence electrons. The van der Waals surface area contributed by atoms with E-state index in [-0.39, 0.29) is 35.1 Å². The largest absolute Gasteiger partial charge is 0.478 e. The van der Waals surface area contributed by atoms with Crippen molar-refractivity contribution in [1.29, 1.82) is 0 Å². The minimum absolute atomic E-state index is 0.0537. The summed E-state index contributed by atoms with van der Waals surface area (Å²) in [5.41, 5.74) is -0.333. The van der Waals surface area contributed by atoms with Gasteiger partial charge in [-0.25, -0.2) is 13.2 Å². The maximum atomic E-state index is 12.6. The molecule has 0 fully saturated rings. The van der Waals surface area contributed by atoms with Crippen LogP contribution in [0.15, 0.2) is 9.31 Å². The van der Waals surface area contributed by atoms with Crippen LogP contribution in [0.1, 0.15) is 35.2 Å². The number of rotatable bonds is 6. The molecule has 0 aliphatic heterocycles. The predicted octanol–water partition coefficient (Wildman–Crippen LogP) is 1.63. The molecule has 7 heteroatoms. The van der Waals surface area contributed by atoms with Crippen LogP contribution in [-0.4, -0.2) is 36.9 Å². The average Bonchev–Trinajstić information content (AvgIpc) is 2.64. The number of carboxylic acid groups (broad SMARTS) is 1. The minimum atomic E-state index is -3.99. The van der Waals surface area contributed by atoms with E-state index >= 15 is 0 Å². The molecule has 0 radical (unpaired) electrons. The molecular weight excluding hydrogens is 282 g/mol. The van der Waals surface area contributed by atoms with Crippen LogP contribution in [0.25, 0.3) is 0 Å². The minimum Gasteiger partial charge on any atom is -0.478 e. The predicted molar refractivity (Wildman–Crippen MR) is 73.0 cm³/mol. The van der Waals surface area contributed by atoms with E-state index in [1.165, 1.54) is 13.8 Å². The molecule has 0 bridgehead atoms. The first-order valence-corrected chi connectivity index (χ1v) is 7.48. The standard InChI is InChI=1S/C13H17NO5S/c1-5-7-14(8-6-2)20(17,18)12-10(4)19-9(3)11(12)13(15)16/h1H,6-8H2,2-4H3,(H,15,16). The Morgan fingerprint density at radius 1 is 1.40 bits per heavy atom. The number of aromatic carboxylic acids is 1. The zero-order chi connectivity index (χ0) is 15.5. The molecule has 0 amide bonds. The van der Waals surface area contributed by atoms with E-state index in [0.717, 1.165) is 4.31 Å². The van der Waals surface area contributed by atoms with Gasteiger partial charge in [-0.1, -0.05) is 12.8 Å². The summed E-state index contributed by atoms with van der Waals surface area (Å²) in [4.78, 5) is 10.9. The van der Waals surface area contributed by atoms with Gasteiger partial charge >= 0.3 is 5.97 Å². The highest BCUT2D eigenvalue weighted by Gasteiger charge is 2.34. The zero-order valence-corrected chi connectivity index (χ0v) is 12.5. The van der Waals surface area contributed by atoms with E-state index in [4.69, 9.17) is 10.8 Å². The molecule has 0 saturated carbocycles. The fourth-order valence-corrected chi connectivity index (χ4v) is 3.81. The van der Waals surface area contributed by atoms with Crippen molar-refractivity contribution in [3.05, 3.63) is 17.1 Å². The van der Waals surface area contributed by atoms with Crippen molar-refractivity contribution >= 4 is 16.0 Å². The topological polar surface area (TPSA) is 87.8 Å². The third kappa shape index (κ3) is 2.86. The summed E-state index contributed by atoms with van der Waals surface area (Å²) in [6.07, 6.45) is 5.75. The molecule has 6 nitrogen and oxygen atoms in total. The SMILES string of the molecule is C#CCN(CCC)S(=O)(=O)c1c(C)oc(C)c1C(=O)O. The fourth-order valence-electron chi connectivity index (χ4n) is 1.99. The number of hydrogen-bond acceptors (Lipinski definition) is 4. The molecule has 0 saturated heterocycles. The third-order valence-corrected chi connectivity index (χ3v) is 4.76. The Balaban J connectivity index is 3.49. The van der Waals surface area contributed by atoms with Crippen LogP contribution >= 0.6 is 0 Å². The lowest BCUT2D eigenvalue weighted by Gasteiger charge is -2.19. The smallest absolute Gasteiger partial charge is 0.340 e. The maximum Gasteiger partial charge on any atom is 0.340 e. The Bertz CT molecular complexity index is 651. The highest BCUT2D eigenvalue weighted by atomic mass is 32.2. The van der Waals surface area contributed by atoms with Gasteiger partial charge < -0.3 is 9.52 Å². The van der Waals surface area contributed by atoms with Crippen molar-refractivity contribution in [1.82, 2.24) is 4.31 Å². The van der Waals surface area contributed by atoms with E-state index in [0.29, 0.717) is 6.42 Å². The Morgan fingerprint density at radius 2 is 2.00 bits per heavy atom. The quantitative estimate of drug-likeness (QED) is 0.807. The first-order valence-electron chi connectivity index (χ1n) is 6.04. The van der Waals surface area contributed by atoms with E-state index < -0.39 is 16.0 Å². The van der Waals surface area contributed by atoms with Gasteiger partial charge in [0.25, 0.3) is 0 Å². The molecule has 0 aliphatic carbocycles. The van der Waals surface area contributed by atoms with Gasteiger partial charge in [0.15, 0.2) is 0 Å². The van der Waals surface area contributed by atoms with Gasteiger partial charge in [0, 0.05) is 6.54 Å². The van der Waals surface area contributed by atoms with Crippen molar-refractivity contribution in [3.8, 4) is 12.3 Å². The van der Waals surface area contributed by atoms with Gasteiger partial charge in [0.2, 0.25) is 10.0 Å². The van der Waals surface area contributed by atoms with Crippen LogP contribution in [0, 0.1) is 26.2 Å². The summed E-state index contributed by atoms with van der Waals surface area (Å²) < 4.78 is 31.4. The molecule has 0 aliphatic rings. The molecule has 1 N–H and O–H groups in total.